The Labute approximate surface area is 198 Å². The molecule has 0 saturated heterocycles. The lowest BCUT2D eigenvalue weighted by atomic mass is 10.1. The zero-order valence-corrected chi connectivity index (χ0v) is 21.3. The fourth-order valence-corrected chi connectivity index (χ4v) is 4.47. The zero-order valence-electron chi connectivity index (χ0n) is 18.1. The van der Waals surface area contributed by atoms with Crippen LogP contribution in [-0.2, 0) is 28.9 Å². The van der Waals surface area contributed by atoms with Gasteiger partial charge in [0.15, 0.2) is 5.96 Å². The number of benzene rings is 2. The van der Waals surface area contributed by atoms with Gasteiger partial charge in [0.2, 0.25) is 10.0 Å². The van der Waals surface area contributed by atoms with Gasteiger partial charge in [-0.2, -0.15) is 0 Å². The van der Waals surface area contributed by atoms with Crippen molar-refractivity contribution in [3.8, 4) is 0 Å². The summed E-state index contributed by atoms with van der Waals surface area (Å²) < 4.78 is 27.3. The van der Waals surface area contributed by atoms with E-state index in [-0.39, 0.29) is 35.8 Å². The third kappa shape index (κ3) is 9.44. The van der Waals surface area contributed by atoms with Gasteiger partial charge in [0.1, 0.15) is 0 Å². The van der Waals surface area contributed by atoms with Crippen molar-refractivity contribution in [2.45, 2.75) is 52.6 Å². The van der Waals surface area contributed by atoms with Crippen LogP contribution in [0, 0.1) is 6.92 Å². The molecule has 0 bridgehead atoms. The minimum atomic E-state index is -3.38. The maximum atomic E-state index is 12.3. The van der Waals surface area contributed by atoms with E-state index in [1.165, 1.54) is 5.56 Å². The molecule has 2 aromatic rings. The van der Waals surface area contributed by atoms with Crippen LogP contribution in [0.15, 0.2) is 53.5 Å². The number of aryl methyl sites for hydroxylation is 1. The smallest absolute Gasteiger partial charge is 0.216 e. The molecule has 0 aliphatic carbocycles. The predicted octanol–water partition coefficient (Wildman–Crippen LogP) is 3.70. The fourth-order valence-electron chi connectivity index (χ4n) is 2.98. The van der Waals surface area contributed by atoms with E-state index in [9.17, 15) is 8.42 Å². The number of sulfonamides is 1. The molecule has 0 radical (unpaired) electrons. The van der Waals surface area contributed by atoms with Crippen molar-refractivity contribution in [2.24, 2.45) is 4.99 Å². The molecule has 0 spiro atoms. The topological polar surface area (TPSA) is 82.6 Å². The Morgan fingerprint density at radius 2 is 1.73 bits per heavy atom. The van der Waals surface area contributed by atoms with E-state index in [2.05, 4.69) is 45.5 Å². The van der Waals surface area contributed by atoms with Crippen LogP contribution in [0.25, 0.3) is 0 Å². The summed E-state index contributed by atoms with van der Waals surface area (Å²) in [5.74, 6) is 0.659. The van der Waals surface area contributed by atoms with Gasteiger partial charge in [-0.05, 0) is 44.4 Å². The van der Waals surface area contributed by atoms with Crippen molar-refractivity contribution in [1.82, 2.24) is 15.4 Å². The molecular formula is C22H33IN4O2S. The van der Waals surface area contributed by atoms with E-state index in [1.54, 1.807) is 0 Å². The molecule has 8 heteroatoms. The second-order valence-corrected chi connectivity index (χ2v) is 9.09. The maximum Gasteiger partial charge on any atom is 0.216 e. The fraction of sp³-hybridized carbons (Fsp3) is 0.409. The Hall–Kier alpha value is -1.65. The average molecular weight is 545 g/mol. The van der Waals surface area contributed by atoms with E-state index in [0.717, 1.165) is 23.2 Å². The highest BCUT2D eigenvalue weighted by atomic mass is 127. The number of hydrogen-bond acceptors (Lipinski definition) is 3. The molecule has 166 valence electrons. The summed E-state index contributed by atoms with van der Waals surface area (Å²) in [6.07, 6.45) is 0. The lowest BCUT2D eigenvalue weighted by molar-refractivity contribution is 0.568. The zero-order chi connectivity index (χ0) is 21.3. The summed E-state index contributed by atoms with van der Waals surface area (Å²) in [6.45, 7) is 9.53. The number of halogens is 1. The van der Waals surface area contributed by atoms with Crippen LogP contribution in [0.4, 0.5) is 0 Å². The molecular weight excluding hydrogens is 511 g/mol. The summed E-state index contributed by atoms with van der Waals surface area (Å²) in [6, 6.07) is 15.7. The summed E-state index contributed by atoms with van der Waals surface area (Å²) in [7, 11) is -3.38. The highest BCUT2D eigenvalue weighted by Crippen LogP contribution is 2.12. The number of guanidine groups is 1. The van der Waals surface area contributed by atoms with Crippen LogP contribution in [0.3, 0.4) is 0 Å². The Morgan fingerprint density at radius 3 is 2.37 bits per heavy atom. The summed E-state index contributed by atoms with van der Waals surface area (Å²) in [4.78, 5) is 4.65. The first kappa shape index (κ1) is 26.4. The first-order valence-corrected chi connectivity index (χ1v) is 11.6. The van der Waals surface area contributed by atoms with E-state index in [1.807, 2.05) is 51.1 Å². The van der Waals surface area contributed by atoms with Crippen molar-refractivity contribution >= 4 is 40.0 Å². The summed E-state index contributed by atoms with van der Waals surface area (Å²) in [5.41, 5.74) is 4.07. The highest BCUT2D eigenvalue weighted by molar-refractivity contribution is 14.0. The van der Waals surface area contributed by atoms with Gasteiger partial charge in [0.05, 0.1) is 12.3 Å². The van der Waals surface area contributed by atoms with Crippen molar-refractivity contribution in [3.05, 3.63) is 70.8 Å². The quantitative estimate of drug-likeness (QED) is 0.256. The van der Waals surface area contributed by atoms with Crippen LogP contribution in [0.5, 0.6) is 0 Å². The van der Waals surface area contributed by atoms with Gasteiger partial charge in [-0.15, -0.1) is 24.0 Å². The molecule has 0 amide bonds. The average Bonchev–Trinajstić information content (AvgIpc) is 2.63. The molecule has 2 rings (SSSR count). The molecule has 0 fully saturated rings. The van der Waals surface area contributed by atoms with Crippen LogP contribution in [0.1, 0.15) is 43.0 Å². The maximum absolute atomic E-state index is 12.3. The molecule has 3 N–H and O–H groups in total. The Morgan fingerprint density at radius 1 is 1.03 bits per heavy atom. The number of nitrogens with one attached hydrogen (secondary N) is 3. The second kappa shape index (κ2) is 12.9. The van der Waals surface area contributed by atoms with Gasteiger partial charge < -0.3 is 10.6 Å². The highest BCUT2D eigenvalue weighted by Gasteiger charge is 2.15. The van der Waals surface area contributed by atoms with E-state index in [0.29, 0.717) is 19.0 Å². The Bertz CT molecular complexity index is 930. The second-order valence-electron chi connectivity index (χ2n) is 7.34. The SMILES string of the molecule is CCNC(=NCc1cccc(C)c1)NCc1ccccc1CS(=O)(=O)NC(C)C.I. The molecule has 0 heterocycles. The number of rotatable bonds is 9. The van der Waals surface area contributed by atoms with Crippen LogP contribution in [0.2, 0.25) is 0 Å². The minimum absolute atomic E-state index is 0. The number of hydrogen-bond donors (Lipinski definition) is 3. The first-order chi connectivity index (χ1) is 13.8. The van der Waals surface area contributed by atoms with Gasteiger partial charge >= 0.3 is 0 Å². The first-order valence-electron chi connectivity index (χ1n) is 9.93. The standard InChI is InChI=1S/C22H32N4O2S.HI/c1-5-23-22(24-14-19-10-8-9-18(4)13-19)25-15-20-11-6-7-12-21(20)16-29(27,28)26-17(2)3;/h6-13,17,26H,5,14-16H2,1-4H3,(H2,23,24,25);1H. The molecule has 0 aliphatic heterocycles. The molecule has 2 aromatic carbocycles. The Kier molecular flexibility index (Phi) is 11.4. The van der Waals surface area contributed by atoms with Crippen LogP contribution in [-0.4, -0.2) is 27.0 Å². The third-order valence-corrected chi connectivity index (χ3v) is 5.69. The molecule has 6 nitrogen and oxygen atoms in total. The van der Waals surface area contributed by atoms with Crippen LogP contribution >= 0.6 is 24.0 Å². The molecule has 0 aromatic heterocycles. The minimum Gasteiger partial charge on any atom is -0.357 e. The molecule has 0 atom stereocenters. The predicted molar refractivity (Wildman–Crippen MR) is 136 cm³/mol. The normalized spacial score (nSPS) is 11.8. The van der Waals surface area contributed by atoms with E-state index >= 15 is 0 Å². The van der Waals surface area contributed by atoms with Crippen molar-refractivity contribution in [2.75, 3.05) is 6.54 Å². The molecule has 30 heavy (non-hydrogen) atoms. The van der Waals surface area contributed by atoms with Gasteiger partial charge in [-0.1, -0.05) is 54.1 Å². The van der Waals surface area contributed by atoms with Gasteiger partial charge in [0, 0.05) is 19.1 Å². The van der Waals surface area contributed by atoms with Crippen molar-refractivity contribution in [3.63, 3.8) is 0 Å². The molecule has 0 aliphatic rings. The van der Waals surface area contributed by atoms with E-state index in [4.69, 9.17) is 0 Å². The number of aliphatic imine (C=N–C) groups is 1. The third-order valence-electron chi connectivity index (χ3n) is 4.17. The van der Waals surface area contributed by atoms with Gasteiger partial charge in [-0.25, -0.2) is 18.1 Å². The molecule has 0 saturated carbocycles. The van der Waals surface area contributed by atoms with Crippen molar-refractivity contribution < 1.29 is 8.42 Å². The van der Waals surface area contributed by atoms with Crippen molar-refractivity contribution in [1.29, 1.82) is 0 Å². The van der Waals surface area contributed by atoms with E-state index < -0.39 is 10.0 Å². The number of nitrogens with zero attached hydrogens (tertiary/aromatic N) is 1. The molecule has 0 unspecified atom stereocenters. The largest absolute Gasteiger partial charge is 0.357 e. The lowest BCUT2D eigenvalue weighted by Gasteiger charge is -2.15. The summed E-state index contributed by atoms with van der Waals surface area (Å²) in [5, 5.41) is 6.55. The van der Waals surface area contributed by atoms with Gasteiger partial charge in [-0.3, -0.25) is 0 Å². The lowest BCUT2D eigenvalue weighted by Crippen LogP contribution is -2.37. The Balaban J connectivity index is 0.00000450. The monoisotopic (exact) mass is 544 g/mol. The van der Waals surface area contributed by atoms with Crippen LogP contribution < -0.4 is 15.4 Å². The summed E-state index contributed by atoms with van der Waals surface area (Å²) >= 11 is 0. The van der Waals surface area contributed by atoms with Gasteiger partial charge in [0.25, 0.3) is 0 Å².